The van der Waals surface area contributed by atoms with E-state index < -0.39 is 35.6 Å². The smallest absolute Gasteiger partial charge is 0.285 e. The van der Waals surface area contributed by atoms with Crippen LogP contribution in [0.1, 0.15) is 51.2 Å². The Morgan fingerprint density at radius 2 is 1.93 bits per heavy atom. The molecule has 5 atom stereocenters. The van der Waals surface area contributed by atoms with Gasteiger partial charge < -0.3 is 34.9 Å². The zero-order valence-corrected chi connectivity index (χ0v) is 26.1. The first-order chi connectivity index (χ1) is 21.7. The Hall–Kier alpha value is -4.57. The quantitative estimate of drug-likeness (QED) is 0.212. The van der Waals surface area contributed by atoms with E-state index in [4.69, 9.17) is 14.2 Å². The van der Waals surface area contributed by atoms with Crippen LogP contribution in [0.15, 0.2) is 78.4 Å². The molecule has 5 rings (SSSR count). The molecule has 10 nitrogen and oxygen atoms in total. The molecule has 2 heterocycles. The molecule has 0 unspecified atom stereocenters. The topological polar surface area (TPSA) is 126 Å². The lowest BCUT2D eigenvalue weighted by Crippen LogP contribution is -2.56. The number of rotatable bonds is 10. The first kappa shape index (κ1) is 31.8. The van der Waals surface area contributed by atoms with Gasteiger partial charge in [-0.1, -0.05) is 60.2 Å². The molecule has 3 N–H and O–H groups in total. The molecule has 0 radical (unpaired) electrons. The van der Waals surface area contributed by atoms with Crippen molar-refractivity contribution >= 4 is 17.7 Å². The summed E-state index contributed by atoms with van der Waals surface area (Å²) in [6.45, 7) is 5.69. The predicted molar refractivity (Wildman–Crippen MR) is 169 cm³/mol. The Kier molecular flexibility index (Phi) is 9.63. The number of hydrogen-bond donors (Lipinski definition) is 3. The van der Waals surface area contributed by atoms with Crippen LogP contribution in [0.5, 0.6) is 17.2 Å². The van der Waals surface area contributed by atoms with Crippen LogP contribution >= 0.6 is 0 Å². The van der Waals surface area contributed by atoms with Crippen molar-refractivity contribution < 1.29 is 33.7 Å². The molecule has 238 valence electrons. The Labute approximate surface area is 263 Å². The molecule has 0 aromatic heterocycles. The minimum atomic E-state index is -1.36. The summed E-state index contributed by atoms with van der Waals surface area (Å²) in [5.74, 6) is 0.318. The number of aliphatic hydroxyl groups excluding tert-OH is 1. The molecule has 10 heteroatoms. The van der Waals surface area contributed by atoms with Gasteiger partial charge >= 0.3 is 0 Å². The maximum Gasteiger partial charge on any atom is 0.285 e. The van der Waals surface area contributed by atoms with E-state index in [9.17, 15) is 19.5 Å². The van der Waals surface area contributed by atoms with Gasteiger partial charge in [0.05, 0.1) is 18.6 Å². The SMILES string of the molecule is C/C=C\C(=C/C)C[C@H](NC(C)=O)C(=O)N[C@@H](Oc1ccccc1)C(=O)N1CC[C@@]23C=C[C@H](O)C[C@@H]2Oc2c(OC)ccc(c23)C1. The molecule has 0 saturated heterocycles. The van der Waals surface area contributed by atoms with Crippen LogP contribution in [0.4, 0.5) is 0 Å². The number of allylic oxidation sites excluding steroid dienone is 3. The van der Waals surface area contributed by atoms with Gasteiger partial charge in [0.1, 0.15) is 17.9 Å². The summed E-state index contributed by atoms with van der Waals surface area (Å²) in [5, 5.41) is 15.9. The Bertz CT molecular complexity index is 1520. The Balaban J connectivity index is 1.46. The van der Waals surface area contributed by atoms with Crippen LogP contribution in [-0.4, -0.2) is 65.9 Å². The van der Waals surface area contributed by atoms with Crippen LogP contribution in [0.3, 0.4) is 0 Å². The van der Waals surface area contributed by atoms with Gasteiger partial charge in [0.15, 0.2) is 11.5 Å². The van der Waals surface area contributed by atoms with Gasteiger partial charge in [0.2, 0.25) is 11.8 Å². The number of carbonyl (C=O) groups is 3. The summed E-state index contributed by atoms with van der Waals surface area (Å²) >= 11 is 0. The van der Waals surface area contributed by atoms with E-state index in [0.29, 0.717) is 36.6 Å². The molecule has 0 saturated carbocycles. The summed E-state index contributed by atoms with van der Waals surface area (Å²) in [4.78, 5) is 41.8. The second-order valence-electron chi connectivity index (χ2n) is 11.6. The number of nitrogens with one attached hydrogen (secondary N) is 2. The third kappa shape index (κ3) is 6.61. The fourth-order valence-electron chi connectivity index (χ4n) is 6.48. The maximum atomic E-state index is 14.3. The molecule has 3 aliphatic rings. The number of hydrogen-bond acceptors (Lipinski definition) is 7. The van der Waals surface area contributed by atoms with Crippen molar-refractivity contribution in [2.45, 2.75) is 76.5 Å². The molecule has 1 spiro atoms. The lowest BCUT2D eigenvalue weighted by atomic mass is 9.69. The zero-order valence-electron chi connectivity index (χ0n) is 26.1. The molecule has 1 aliphatic carbocycles. The standard InChI is InChI=1S/C35H41N3O7/c1-5-10-23(6-2)19-27(36-22(3)39)32(41)37-33(44-26-11-8-7-9-12-26)34(42)38-18-17-35-16-15-25(40)20-29(35)45-31-28(43-4)14-13-24(21-38)30(31)35/h5-16,25,27,29,33,40H,17-21H2,1-4H3,(H,36,39)(H,37,41)/b10-5-,23-6+/t25-,27-,29-,33-,35-/m0/s1. The second kappa shape index (κ2) is 13.6. The van der Waals surface area contributed by atoms with Crippen LogP contribution in [-0.2, 0) is 26.3 Å². The van der Waals surface area contributed by atoms with Gasteiger partial charge in [-0.3, -0.25) is 14.4 Å². The summed E-state index contributed by atoms with van der Waals surface area (Å²) in [6.07, 6.45) is 8.31. The van der Waals surface area contributed by atoms with E-state index in [2.05, 4.69) is 10.6 Å². The highest BCUT2D eigenvalue weighted by Crippen LogP contribution is 2.55. The first-order valence-corrected chi connectivity index (χ1v) is 15.3. The summed E-state index contributed by atoms with van der Waals surface area (Å²) < 4.78 is 18.2. The lowest BCUT2D eigenvalue weighted by Gasteiger charge is -2.36. The summed E-state index contributed by atoms with van der Waals surface area (Å²) in [6, 6.07) is 11.7. The van der Waals surface area contributed by atoms with Gasteiger partial charge in [-0.15, -0.1) is 0 Å². The minimum Gasteiger partial charge on any atom is -0.493 e. The van der Waals surface area contributed by atoms with Gasteiger partial charge in [-0.05, 0) is 44.0 Å². The first-order valence-electron chi connectivity index (χ1n) is 15.3. The summed E-state index contributed by atoms with van der Waals surface area (Å²) in [7, 11) is 1.59. The van der Waals surface area contributed by atoms with Gasteiger partial charge in [-0.25, -0.2) is 0 Å². The van der Waals surface area contributed by atoms with Crippen LogP contribution in [0.25, 0.3) is 0 Å². The van der Waals surface area contributed by atoms with Crippen LogP contribution < -0.4 is 24.8 Å². The Morgan fingerprint density at radius 3 is 2.62 bits per heavy atom. The number of para-hydroxylation sites is 1. The van der Waals surface area contributed by atoms with Crippen molar-refractivity contribution in [3.8, 4) is 17.2 Å². The fraction of sp³-hybridized carbons (Fsp3) is 0.400. The van der Waals surface area contributed by atoms with E-state index >= 15 is 0 Å². The number of nitrogens with zero attached hydrogens (tertiary/aromatic N) is 1. The zero-order chi connectivity index (χ0) is 32.1. The normalized spacial score (nSPS) is 23.2. The van der Waals surface area contributed by atoms with E-state index in [-0.39, 0.29) is 25.0 Å². The number of methoxy groups -OCH3 is 1. The molecular formula is C35H41N3O7. The van der Waals surface area contributed by atoms with Crippen molar-refractivity contribution in [3.05, 3.63) is 89.5 Å². The summed E-state index contributed by atoms with van der Waals surface area (Å²) in [5.41, 5.74) is 2.17. The van der Waals surface area contributed by atoms with Gasteiger partial charge in [-0.2, -0.15) is 0 Å². The third-order valence-electron chi connectivity index (χ3n) is 8.65. The molecule has 0 fully saturated rings. The number of ether oxygens (including phenoxy) is 3. The van der Waals surface area contributed by atoms with Gasteiger partial charge in [0.25, 0.3) is 12.1 Å². The molecule has 2 aromatic carbocycles. The van der Waals surface area contributed by atoms with E-state index in [0.717, 1.165) is 16.7 Å². The average Bonchev–Trinajstić information content (AvgIpc) is 3.26. The van der Waals surface area contributed by atoms with Crippen molar-refractivity contribution in [1.29, 1.82) is 0 Å². The second-order valence-corrected chi connectivity index (χ2v) is 11.6. The maximum absolute atomic E-state index is 14.3. The molecular weight excluding hydrogens is 574 g/mol. The van der Waals surface area contributed by atoms with Crippen molar-refractivity contribution in [2.75, 3.05) is 13.7 Å². The number of aliphatic hydroxyl groups is 1. The molecule has 2 aromatic rings. The van der Waals surface area contributed by atoms with Crippen molar-refractivity contribution in [2.24, 2.45) is 0 Å². The van der Waals surface area contributed by atoms with E-state index in [1.807, 2.05) is 56.4 Å². The van der Waals surface area contributed by atoms with E-state index in [1.165, 1.54) is 6.92 Å². The minimum absolute atomic E-state index is 0.238. The van der Waals surface area contributed by atoms with Crippen LogP contribution in [0.2, 0.25) is 0 Å². The monoisotopic (exact) mass is 615 g/mol. The van der Waals surface area contributed by atoms with Crippen LogP contribution in [0, 0.1) is 0 Å². The van der Waals surface area contributed by atoms with E-state index in [1.54, 1.807) is 42.4 Å². The molecule has 0 bridgehead atoms. The van der Waals surface area contributed by atoms with Gasteiger partial charge in [0, 0.05) is 38.4 Å². The number of benzene rings is 2. The third-order valence-corrected chi connectivity index (χ3v) is 8.65. The lowest BCUT2D eigenvalue weighted by molar-refractivity contribution is -0.145. The fourth-order valence-corrected chi connectivity index (χ4v) is 6.48. The highest BCUT2D eigenvalue weighted by molar-refractivity contribution is 5.91. The molecule has 3 amide bonds. The van der Waals surface area contributed by atoms with Crippen molar-refractivity contribution in [3.63, 3.8) is 0 Å². The highest BCUT2D eigenvalue weighted by Gasteiger charge is 2.53. The predicted octanol–water partition coefficient (Wildman–Crippen LogP) is 3.69. The Morgan fingerprint density at radius 1 is 1.16 bits per heavy atom. The largest absolute Gasteiger partial charge is 0.493 e. The number of carbonyl (C=O) groups excluding carboxylic acids is 3. The average molecular weight is 616 g/mol. The number of amides is 3. The highest BCUT2D eigenvalue weighted by atomic mass is 16.5. The molecule has 2 aliphatic heterocycles. The van der Waals surface area contributed by atoms with Crippen molar-refractivity contribution in [1.82, 2.24) is 15.5 Å². The molecule has 45 heavy (non-hydrogen) atoms.